The van der Waals surface area contributed by atoms with E-state index < -0.39 is 0 Å². The van der Waals surface area contributed by atoms with Crippen molar-refractivity contribution in [3.8, 4) is 0 Å². The summed E-state index contributed by atoms with van der Waals surface area (Å²) < 4.78 is 0. The van der Waals surface area contributed by atoms with Gasteiger partial charge in [0.1, 0.15) is 0 Å². The van der Waals surface area contributed by atoms with E-state index in [0.717, 1.165) is 29.8 Å². The van der Waals surface area contributed by atoms with Crippen LogP contribution in [0.5, 0.6) is 0 Å². The van der Waals surface area contributed by atoms with Crippen LogP contribution in [0, 0.1) is 12.8 Å². The Morgan fingerprint density at radius 3 is 2.89 bits per heavy atom. The van der Waals surface area contributed by atoms with Crippen LogP contribution in [0.15, 0.2) is 18.2 Å². The number of hydrogen-bond donors (Lipinski definition) is 3. The number of carbonyl (C=O) groups excluding carboxylic acids is 1. The molecular formula is C15H23N3O. The molecule has 0 heterocycles. The van der Waals surface area contributed by atoms with Gasteiger partial charge in [-0.1, -0.05) is 12.5 Å². The second kappa shape index (κ2) is 6.06. The van der Waals surface area contributed by atoms with Crippen molar-refractivity contribution in [2.24, 2.45) is 11.7 Å². The second-order valence-electron chi connectivity index (χ2n) is 5.23. The summed E-state index contributed by atoms with van der Waals surface area (Å²) in [6.45, 7) is 2.71. The van der Waals surface area contributed by atoms with Crippen LogP contribution in [-0.2, 0) is 0 Å². The number of anilines is 1. The fourth-order valence-corrected chi connectivity index (χ4v) is 2.88. The third-order valence-electron chi connectivity index (χ3n) is 4.11. The molecule has 1 saturated carbocycles. The molecule has 2 atom stereocenters. The molecule has 104 valence electrons. The average Bonchev–Trinajstić information content (AvgIpc) is 2.87. The predicted molar refractivity (Wildman–Crippen MR) is 78.4 cm³/mol. The van der Waals surface area contributed by atoms with Crippen molar-refractivity contribution in [1.29, 1.82) is 0 Å². The zero-order valence-electron chi connectivity index (χ0n) is 11.7. The lowest BCUT2D eigenvalue weighted by molar-refractivity contribution is 0.0962. The maximum atomic E-state index is 11.8. The van der Waals surface area contributed by atoms with E-state index in [1.807, 2.05) is 25.1 Å². The Kier molecular flexibility index (Phi) is 4.43. The summed E-state index contributed by atoms with van der Waals surface area (Å²) >= 11 is 0. The molecule has 1 amide bonds. The van der Waals surface area contributed by atoms with Crippen LogP contribution in [-0.4, -0.2) is 25.5 Å². The average molecular weight is 261 g/mol. The smallest absolute Gasteiger partial charge is 0.251 e. The molecule has 0 bridgehead atoms. The van der Waals surface area contributed by atoms with Crippen LogP contribution in [0.3, 0.4) is 0 Å². The second-order valence-corrected chi connectivity index (χ2v) is 5.23. The molecule has 19 heavy (non-hydrogen) atoms. The van der Waals surface area contributed by atoms with Gasteiger partial charge >= 0.3 is 0 Å². The van der Waals surface area contributed by atoms with E-state index in [9.17, 15) is 4.79 Å². The number of hydrogen-bond acceptors (Lipinski definition) is 3. The summed E-state index contributed by atoms with van der Waals surface area (Å²) in [6, 6.07) is 6.25. The highest BCUT2D eigenvalue weighted by Crippen LogP contribution is 2.29. The van der Waals surface area contributed by atoms with E-state index in [1.54, 1.807) is 7.05 Å². The lowest BCUT2D eigenvalue weighted by Gasteiger charge is -2.22. The molecule has 1 aromatic rings. The molecule has 1 aliphatic carbocycles. The van der Waals surface area contributed by atoms with Gasteiger partial charge in [0.15, 0.2) is 0 Å². The fourth-order valence-electron chi connectivity index (χ4n) is 2.88. The van der Waals surface area contributed by atoms with Gasteiger partial charge in [0.05, 0.1) is 0 Å². The Balaban J connectivity index is 2.19. The maximum Gasteiger partial charge on any atom is 0.251 e. The first-order chi connectivity index (χ1) is 9.17. The van der Waals surface area contributed by atoms with Gasteiger partial charge in [0, 0.05) is 24.3 Å². The van der Waals surface area contributed by atoms with Crippen LogP contribution in [0.25, 0.3) is 0 Å². The van der Waals surface area contributed by atoms with Crippen molar-refractivity contribution in [3.63, 3.8) is 0 Å². The first-order valence-corrected chi connectivity index (χ1v) is 6.95. The topological polar surface area (TPSA) is 67.2 Å². The quantitative estimate of drug-likeness (QED) is 0.775. The highest BCUT2D eigenvalue weighted by atomic mass is 16.1. The Bertz CT molecular complexity index is 459. The zero-order chi connectivity index (χ0) is 13.8. The number of nitrogens with one attached hydrogen (secondary N) is 2. The highest BCUT2D eigenvalue weighted by molar-refractivity contribution is 5.96. The van der Waals surface area contributed by atoms with Crippen LogP contribution in [0.4, 0.5) is 5.69 Å². The van der Waals surface area contributed by atoms with Crippen LogP contribution in [0.1, 0.15) is 35.2 Å². The Labute approximate surface area is 114 Å². The van der Waals surface area contributed by atoms with E-state index in [1.165, 1.54) is 12.8 Å². The van der Waals surface area contributed by atoms with Crippen molar-refractivity contribution in [2.45, 2.75) is 32.2 Å². The molecule has 4 nitrogen and oxygen atoms in total. The molecule has 1 fully saturated rings. The Hall–Kier alpha value is -1.55. The fraction of sp³-hybridized carbons (Fsp3) is 0.533. The first-order valence-electron chi connectivity index (χ1n) is 6.95. The van der Waals surface area contributed by atoms with Gasteiger partial charge in [-0.3, -0.25) is 4.79 Å². The van der Waals surface area contributed by atoms with E-state index in [0.29, 0.717) is 12.0 Å². The molecule has 4 N–H and O–H groups in total. The number of nitrogens with two attached hydrogens (primary N) is 1. The van der Waals surface area contributed by atoms with Crippen LogP contribution in [0.2, 0.25) is 0 Å². The third kappa shape index (κ3) is 2.89. The van der Waals surface area contributed by atoms with Crippen molar-refractivity contribution in [3.05, 3.63) is 29.3 Å². The molecule has 0 spiro atoms. The standard InChI is InChI=1S/C15H23N3O/c1-10-12(15(19)17-2)6-4-7-13(10)18-14-8-3-5-11(14)9-16/h4,6-7,11,14,18H,3,5,8-9,16H2,1-2H3,(H,17,19). The monoisotopic (exact) mass is 261 g/mol. The lowest BCUT2D eigenvalue weighted by atomic mass is 10.0. The van der Waals surface area contributed by atoms with Gasteiger partial charge in [-0.25, -0.2) is 0 Å². The SMILES string of the molecule is CNC(=O)c1cccc(NC2CCCC2CN)c1C. The molecule has 4 heteroatoms. The van der Waals surface area contributed by atoms with Gasteiger partial charge in [-0.2, -0.15) is 0 Å². The van der Waals surface area contributed by atoms with Gasteiger partial charge in [-0.15, -0.1) is 0 Å². The summed E-state index contributed by atoms with van der Waals surface area (Å²) in [6.07, 6.45) is 3.58. The number of amides is 1. The maximum absolute atomic E-state index is 11.8. The molecule has 0 aliphatic heterocycles. The molecule has 1 aliphatic rings. The molecule has 1 aromatic carbocycles. The summed E-state index contributed by atoms with van der Waals surface area (Å²) in [4.78, 5) is 11.8. The lowest BCUT2D eigenvalue weighted by Crippen LogP contribution is -2.30. The van der Waals surface area contributed by atoms with E-state index >= 15 is 0 Å². The van der Waals surface area contributed by atoms with Crippen LogP contribution < -0.4 is 16.4 Å². The summed E-state index contributed by atoms with van der Waals surface area (Å²) in [7, 11) is 1.66. The van der Waals surface area contributed by atoms with E-state index in [4.69, 9.17) is 5.73 Å². The molecule has 0 radical (unpaired) electrons. The first kappa shape index (κ1) is 13.9. The number of rotatable bonds is 4. The van der Waals surface area contributed by atoms with Crippen molar-refractivity contribution in [2.75, 3.05) is 18.9 Å². The Morgan fingerprint density at radius 1 is 1.42 bits per heavy atom. The van der Waals surface area contributed by atoms with Gasteiger partial charge in [-0.05, 0) is 49.9 Å². The third-order valence-corrected chi connectivity index (χ3v) is 4.11. The van der Waals surface area contributed by atoms with Gasteiger partial charge in [0.25, 0.3) is 5.91 Å². The predicted octanol–water partition coefficient (Wildman–Crippen LogP) is 1.89. The van der Waals surface area contributed by atoms with Crippen molar-refractivity contribution in [1.82, 2.24) is 5.32 Å². The van der Waals surface area contributed by atoms with E-state index in [2.05, 4.69) is 10.6 Å². The van der Waals surface area contributed by atoms with E-state index in [-0.39, 0.29) is 5.91 Å². The number of carbonyl (C=O) groups is 1. The van der Waals surface area contributed by atoms with Crippen molar-refractivity contribution >= 4 is 11.6 Å². The minimum absolute atomic E-state index is 0.0389. The summed E-state index contributed by atoms with van der Waals surface area (Å²) in [5.74, 6) is 0.506. The molecule has 2 rings (SSSR count). The summed E-state index contributed by atoms with van der Waals surface area (Å²) in [5, 5.41) is 6.25. The molecule has 0 aromatic heterocycles. The Morgan fingerprint density at radius 2 is 2.21 bits per heavy atom. The molecule has 0 saturated heterocycles. The highest BCUT2D eigenvalue weighted by Gasteiger charge is 2.26. The van der Waals surface area contributed by atoms with Crippen molar-refractivity contribution < 1.29 is 4.79 Å². The molecule has 2 unspecified atom stereocenters. The normalized spacial score (nSPS) is 22.3. The zero-order valence-corrected chi connectivity index (χ0v) is 11.7. The number of benzene rings is 1. The van der Waals surface area contributed by atoms with Gasteiger partial charge in [0.2, 0.25) is 0 Å². The minimum atomic E-state index is -0.0389. The van der Waals surface area contributed by atoms with Crippen LogP contribution >= 0.6 is 0 Å². The molecular weight excluding hydrogens is 238 g/mol. The minimum Gasteiger partial charge on any atom is -0.382 e. The summed E-state index contributed by atoms with van der Waals surface area (Å²) in [5.41, 5.74) is 8.59. The largest absolute Gasteiger partial charge is 0.382 e. The van der Waals surface area contributed by atoms with Gasteiger partial charge < -0.3 is 16.4 Å².